The summed E-state index contributed by atoms with van der Waals surface area (Å²) in [6, 6.07) is 9.50. The number of benzene rings is 1. The number of amides is 1. The molecule has 0 atom stereocenters. The van der Waals surface area contributed by atoms with Gasteiger partial charge in [-0.15, -0.1) is 0 Å². The average Bonchev–Trinajstić information content (AvgIpc) is 2.56. The van der Waals surface area contributed by atoms with Gasteiger partial charge in [-0.05, 0) is 30.7 Å². The molecule has 0 unspecified atom stereocenters. The second-order valence-corrected chi connectivity index (χ2v) is 5.05. The van der Waals surface area contributed by atoms with E-state index < -0.39 is 4.92 Å². The number of nitrogens with one attached hydrogen (secondary N) is 2. The number of hydrogen-bond donors (Lipinski definition) is 2. The molecule has 0 saturated heterocycles. The van der Waals surface area contributed by atoms with Crippen molar-refractivity contribution in [2.45, 2.75) is 13.3 Å². The number of carbonyl (C=O) groups excluding carboxylic acids is 1. The molecule has 8 nitrogen and oxygen atoms in total. The van der Waals surface area contributed by atoms with E-state index in [1.54, 1.807) is 18.3 Å². The lowest BCUT2D eigenvalue weighted by molar-refractivity contribution is -0.385. The largest absolute Gasteiger partial charge is 0.384 e. The van der Waals surface area contributed by atoms with Crippen LogP contribution in [0.15, 0.2) is 36.5 Å². The van der Waals surface area contributed by atoms with Gasteiger partial charge in [0.05, 0.1) is 4.92 Å². The second-order valence-electron chi connectivity index (χ2n) is 5.05. The zero-order chi connectivity index (χ0) is 17.5. The summed E-state index contributed by atoms with van der Waals surface area (Å²) in [4.78, 5) is 26.1. The highest BCUT2D eigenvalue weighted by atomic mass is 16.6. The summed E-state index contributed by atoms with van der Waals surface area (Å²) in [6.45, 7) is 2.22. The van der Waals surface area contributed by atoms with E-state index in [1.807, 2.05) is 13.0 Å². The fourth-order valence-electron chi connectivity index (χ4n) is 1.96. The molecule has 0 aliphatic rings. The van der Waals surface area contributed by atoms with Gasteiger partial charge in [0.1, 0.15) is 17.5 Å². The first-order valence-electron chi connectivity index (χ1n) is 7.14. The maximum absolute atomic E-state index is 11.8. The standard InChI is InChI=1S/C16H15N5O3/c1-11-2-5-15(19-10-11)20-16(22)6-7-18-13-3-4-14(21(23)24)12(8-13)9-17/h2-5,8,10,18H,6-7H2,1H3,(H,19,20,22). The third kappa shape index (κ3) is 4.51. The molecule has 2 rings (SSSR count). The van der Waals surface area contributed by atoms with Crippen LogP contribution >= 0.6 is 0 Å². The predicted octanol–water partition coefficient (Wildman–Crippen LogP) is 2.61. The fourth-order valence-corrected chi connectivity index (χ4v) is 1.96. The highest BCUT2D eigenvalue weighted by Gasteiger charge is 2.13. The van der Waals surface area contributed by atoms with Crippen molar-refractivity contribution in [2.24, 2.45) is 0 Å². The molecule has 0 fully saturated rings. The van der Waals surface area contributed by atoms with Crippen LogP contribution in [0, 0.1) is 28.4 Å². The molecular formula is C16H15N5O3. The van der Waals surface area contributed by atoms with Gasteiger partial charge in [-0.3, -0.25) is 14.9 Å². The smallest absolute Gasteiger partial charge is 0.287 e. The van der Waals surface area contributed by atoms with Crippen LogP contribution in [-0.2, 0) is 4.79 Å². The van der Waals surface area contributed by atoms with Crippen molar-refractivity contribution in [1.29, 1.82) is 5.26 Å². The number of rotatable bonds is 6. The third-order valence-electron chi connectivity index (χ3n) is 3.17. The molecule has 1 aromatic heterocycles. The number of anilines is 2. The normalized spacial score (nSPS) is 9.83. The van der Waals surface area contributed by atoms with Gasteiger partial charge in [0.25, 0.3) is 5.69 Å². The minimum atomic E-state index is -0.607. The average molecular weight is 325 g/mol. The lowest BCUT2D eigenvalue weighted by Crippen LogP contribution is -2.17. The van der Waals surface area contributed by atoms with Crippen LogP contribution in [0.5, 0.6) is 0 Å². The minimum Gasteiger partial charge on any atom is -0.384 e. The Morgan fingerprint density at radius 3 is 2.79 bits per heavy atom. The number of nitriles is 1. The fraction of sp³-hybridized carbons (Fsp3) is 0.188. The van der Waals surface area contributed by atoms with Crippen LogP contribution in [0.2, 0.25) is 0 Å². The van der Waals surface area contributed by atoms with E-state index in [4.69, 9.17) is 5.26 Å². The Hall–Kier alpha value is -3.47. The van der Waals surface area contributed by atoms with Crippen LogP contribution in [-0.4, -0.2) is 22.4 Å². The Kier molecular flexibility index (Phi) is 5.41. The molecule has 1 aromatic carbocycles. The molecule has 2 N–H and O–H groups in total. The van der Waals surface area contributed by atoms with E-state index in [2.05, 4.69) is 15.6 Å². The Morgan fingerprint density at radius 2 is 2.17 bits per heavy atom. The topological polar surface area (TPSA) is 121 Å². The SMILES string of the molecule is Cc1ccc(NC(=O)CCNc2ccc([N+](=O)[O-])c(C#N)c2)nc1. The summed E-state index contributed by atoms with van der Waals surface area (Å²) in [5.41, 5.74) is 1.27. The van der Waals surface area contributed by atoms with Gasteiger partial charge < -0.3 is 10.6 Å². The molecule has 8 heteroatoms. The van der Waals surface area contributed by atoms with Crippen molar-refractivity contribution in [3.05, 3.63) is 57.8 Å². The molecule has 0 aliphatic carbocycles. The number of pyridine rings is 1. The number of aromatic nitrogens is 1. The number of nitro groups is 1. The minimum absolute atomic E-state index is 0.0293. The quantitative estimate of drug-likeness (QED) is 0.622. The van der Waals surface area contributed by atoms with Gasteiger partial charge in [-0.25, -0.2) is 4.98 Å². The second kappa shape index (κ2) is 7.69. The van der Waals surface area contributed by atoms with Crippen molar-refractivity contribution >= 4 is 23.1 Å². The van der Waals surface area contributed by atoms with Crippen LogP contribution in [0.1, 0.15) is 17.5 Å². The van der Waals surface area contributed by atoms with E-state index in [9.17, 15) is 14.9 Å². The monoisotopic (exact) mass is 325 g/mol. The van der Waals surface area contributed by atoms with E-state index in [0.717, 1.165) is 5.56 Å². The summed E-state index contributed by atoms with van der Waals surface area (Å²) in [5, 5.41) is 25.3. The lowest BCUT2D eigenvalue weighted by atomic mass is 10.1. The predicted molar refractivity (Wildman–Crippen MR) is 88.5 cm³/mol. The van der Waals surface area contributed by atoms with Crippen LogP contribution in [0.3, 0.4) is 0 Å². The Balaban J connectivity index is 1.87. The van der Waals surface area contributed by atoms with E-state index in [1.165, 1.54) is 18.2 Å². The molecular weight excluding hydrogens is 310 g/mol. The number of carbonyl (C=O) groups is 1. The van der Waals surface area contributed by atoms with E-state index >= 15 is 0 Å². The molecule has 0 radical (unpaired) electrons. The first kappa shape index (κ1) is 16.9. The molecule has 1 heterocycles. The first-order chi connectivity index (χ1) is 11.5. The summed E-state index contributed by atoms with van der Waals surface area (Å²) < 4.78 is 0. The van der Waals surface area contributed by atoms with Gasteiger partial charge in [0.2, 0.25) is 5.91 Å². The maximum Gasteiger partial charge on any atom is 0.287 e. The number of nitro benzene ring substituents is 1. The first-order valence-corrected chi connectivity index (χ1v) is 7.14. The van der Waals surface area contributed by atoms with Crippen molar-refractivity contribution in [1.82, 2.24) is 4.98 Å². The van der Waals surface area contributed by atoms with Crippen molar-refractivity contribution in [2.75, 3.05) is 17.2 Å². The van der Waals surface area contributed by atoms with Gasteiger partial charge in [-0.1, -0.05) is 6.07 Å². The molecule has 0 aliphatic heterocycles. The van der Waals surface area contributed by atoms with Gasteiger partial charge in [0, 0.05) is 30.9 Å². The Bertz CT molecular complexity index is 796. The Morgan fingerprint density at radius 1 is 1.38 bits per heavy atom. The number of hydrogen-bond acceptors (Lipinski definition) is 6. The molecule has 2 aromatic rings. The van der Waals surface area contributed by atoms with Crippen LogP contribution in [0.25, 0.3) is 0 Å². The zero-order valence-corrected chi connectivity index (χ0v) is 12.9. The molecule has 122 valence electrons. The van der Waals surface area contributed by atoms with Crippen LogP contribution < -0.4 is 10.6 Å². The highest BCUT2D eigenvalue weighted by Crippen LogP contribution is 2.21. The molecule has 0 spiro atoms. The molecule has 0 bridgehead atoms. The molecule has 1 amide bonds. The lowest BCUT2D eigenvalue weighted by Gasteiger charge is -2.07. The Labute approximate surface area is 138 Å². The third-order valence-corrected chi connectivity index (χ3v) is 3.17. The summed E-state index contributed by atoms with van der Waals surface area (Å²) in [6.07, 6.45) is 1.85. The molecule has 0 saturated carbocycles. The summed E-state index contributed by atoms with van der Waals surface area (Å²) in [5.74, 6) is 0.272. The van der Waals surface area contributed by atoms with Gasteiger partial charge in [0.15, 0.2) is 0 Å². The van der Waals surface area contributed by atoms with Gasteiger partial charge >= 0.3 is 0 Å². The van der Waals surface area contributed by atoms with E-state index in [0.29, 0.717) is 18.1 Å². The summed E-state index contributed by atoms with van der Waals surface area (Å²) in [7, 11) is 0. The highest BCUT2D eigenvalue weighted by molar-refractivity contribution is 5.90. The van der Waals surface area contributed by atoms with Gasteiger partial charge in [-0.2, -0.15) is 5.26 Å². The molecule has 24 heavy (non-hydrogen) atoms. The number of nitrogens with zero attached hydrogens (tertiary/aromatic N) is 3. The van der Waals surface area contributed by atoms with E-state index in [-0.39, 0.29) is 23.6 Å². The van der Waals surface area contributed by atoms with Crippen molar-refractivity contribution in [3.8, 4) is 6.07 Å². The number of aryl methyl sites for hydroxylation is 1. The maximum atomic E-state index is 11.8. The van der Waals surface area contributed by atoms with Crippen molar-refractivity contribution in [3.63, 3.8) is 0 Å². The summed E-state index contributed by atoms with van der Waals surface area (Å²) >= 11 is 0. The van der Waals surface area contributed by atoms with Crippen LogP contribution in [0.4, 0.5) is 17.2 Å². The zero-order valence-electron chi connectivity index (χ0n) is 12.9. The van der Waals surface area contributed by atoms with Crippen molar-refractivity contribution < 1.29 is 9.72 Å².